The van der Waals surface area contributed by atoms with Gasteiger partial charge in [0.1, 0.15) is 0 Å². The summed E-state index contributed by atoms with van der Waals surface area (Å²) in [4.78, 5) is 0. The summed E-state index contributed by atoms with van der Waals surface area (Å²) in [5.74, 6) is 0. The monoisotopic (exact) mass is 534 g/mol. The van der Waals surface area contributed by atoms with Crippen LogP contribution in [0.15, 0.2) is 66.7 Å². The summed E-state index contributed by atoms with van der Waals surface area (Å²) >= 11 is 0. The molecule has 3 rings (SSSR count). The van der Waals surface area contributed by atoms with Gasteiger partial charge in [0.05, 0.1) is 0 Å². The lowest BCUT2D eigenvalue weighted by Crippen LogP contribution is -2.55. The molecule has 0 heterocycles. The molecule has 38 heavy (non-hydrogen) atoms. The molecule has 204 valence electrons. The van der Waals surface area contributed by atoms with Crippen molar-refractivity contribution in [3.63, 3.8) is 0 Å². The van der Waals surface area contributed by atoms with Crippen LogP contribution in [-0.4, -0.2) is 23.1 Å². The van der Waals surface area contributed by atoms with Gasteiger partial charge in [-0.15, -0.1) is 0 Å². The molecular formula is C31H32F6O. The molecule has 0 saturated heterocycles. The first-order valence-electron chi connectivity index (χ1n) is 12.4. The molecule has 3 aromatic carbocycles. The first kappa shape index (κ1) is 29.5. The van der Waals surface area contributed by atoms with Gasteiger partial charge in [0.15, 0.2) is 0 Å². The van der Waals surface area contributed by atoms with Crippen LogP contribution in [0.4, 0.5) is 26.3 Å². The second-order valence-electron chi connectivity index (χ2n) is 9.85. The zero-order valence-electron chi connectivity index (χ0n) is 22.1. The molecule has 3 aromatic rings. The van der Waals surface area contributed by atoms with Crippen molar-refractivity contribution in [1.29, 1.82) is 0 Å². The number of benzene rings is 3. The van der Waals surface area contributed by atoms with E-state index in [4.69, 9.17) is 0 Å². The number of halogens is 6. The van der Waals surface area contributed by atoms with E-state index in [0.29, 0.717) is 11.6 Å². The van der Waals surface area contributed by atoms with Crippen LogP contribution in [0.2, 0.25) is 0 Å². The third-order valence-corrected chi connectivity index (χ3v) is 7.51. The van der Waals surface area contributed by atoms with Crippen LogP contribution in [0.25, 0.3) is 17.2 Å². The average Bonchev–Trinajstić information content (AvgIpc) is 2.83. The second-order valence-corrected chi connectivity index (χ2v) is 9.85. The molecule has 0 radical (unpaired) electrons. The Morgan fingerprint density at radius 2 is 1.26 bits per heavy atom. The van der Waals surface area contributed by atoms with E-state index in [9.17, 15) is 31.4 Å². The van der Waals surface area contributed by atoms with Crippen LogP contribution in [0.3, 0.4) is 0 Å². The van der Waals surface area contributed by atoms with Crippen molar-refractivity contribution in [3.8, 4) is 11.1 Å². The molecule has 0 aliphatic carbocycles. The fourth-order valence-corrected chi connectivity index (χ4v) is 5.05. The summed E-state index contributed by atoms with van der Waals surface area (Å²) < 4.78 is 78.4. The van der Waals surface area contributed by atoms with Crippen LogP contribution >= 0.6 is 0 Å². The normalized spacial score (nSPS) is 13.4. The Kier molecular flexibility index (Phi) is 8.23. The highest BCUT2D eigenvalue weighted by Crippen LogP contribution is 2.45. The molecular weight excluding hydrogens is 502 g/mol. The largest absolute Gasteiger partial charge is 0.430 e. The van der Waals surface area contributed by atoms with Gasteiger partial charge < -0.3 is 5.11 Å². The van der Waals surface area contributed by atoms with E-state index in [2.05, 4.69) is 51.1 Å². The predicted octanol–water partition coefficient (Wildman–Crippen LogP) is 9.25. The first-order chi connectivity index (χ1) is 17.6. The van der Waals surface area contributed by atoms with E-state index >= 15 is 0 Å². The zero-order valence-corrected chi connectivity index (χ0v) is 22.1. The van der Waals surface area contributed by atoms with Gasteiger partial charge in [-0.25, -0.2) is 0 Å². The average molecular weight is 535 g/mol. The van der Waals surface area contributed by atoms with Crippen LogP contribution in [0.5, 0.6) is 0 Å². The maximum absolute atomic E-state index is 13.1. The summed E-state index contributed by atoms with van der Waals surface area (Å²) in [6, 6.07) is 19.6. The minimum absolute atomic E-state index is 0.160. The van der Waals surface area contributed by atoms with E-state index in [0.717, 1.165) is 46.2 Å². The van der Waals surface area contributed by atoms with Crippen LogP contribution in [0.1, 0.15) is 60.1 Å². The molecule has 0 unspecified atom stereocenters. The number of aliphatic hydroxyl groups is 1. The van der Waals surface area contributed by atoms with E-state index in [-0.39, 0.29) is 11.6 Å². The Morgan fingerprint density at radius 3 is 1.74 bits per heavy atom. The molecule has 0 bridgehead atoms. The number of alkyl halides is 6. The van der Waals surface area contributed by atoms with Gasteiger partial charge in [-0.1, -0.05) is 86.2 Å². The number of rotatable bonds is 7. The minimum atomic E-state index is -5.91. The third kappa shape index (κ3) is 5.39. The molecule has 0 aliphatic rings. The highest BCUT2D eigenvalue weighted by molar-refractivity contribution is 5.69. The Morgan fingerprint density at radius 1 is 0.711 bits per heavy atom. The Bertz CT molecular complexity index is 1300. The molecule has 0 aliphatic heterocycles. The Labute approximate surface area is 219 Å². The smallest absolute Gasteiger partial charge is 0.370 e. The lowest BCUT2D eigenvalue weighted by molar-refractivity contribution is -0.347. The molecule has 0 aromatic heterocycles. The quantitative estimate of drug-likeness (QED) is 0.300. The van der Waals surface area contributed by atoms with Crippen molar-refractivity contribution < 1.29 is 31.4 Å². The van der Waals surface area contributed by atoms with Gasteiger partial charge in [-0.3, -0.25) is 0 Å². The van der Waals surface area contributed by atoms with E-state index < -0.39 is 23.4 Å². The fraction of sp³-hybridized carbons (Fsp3) is 0.355. The van der Waals surface area contributed by atoms with Gasteiger partial charge >= 0.3 is 12.4 Å². The predicted molar refractivity (Wildman–Crippen MR) is 140 cm³/mol. The van der Waals surface area contributed by atoms with E-state index in [1.165, 1.54) is 6.07 Å². The van der Waals surface area contributed by atoms with Gasteiger partial charge in [-0.2, -0.15) is 26.3 Å². The molecule has 7 heteroatoms. The van der Waals surface area contributed by atoms with E-state index in [1.54, 1.807) is 19.1 Å². The SMILES string of the molecule is CCC(CC)(c1ccc(C=CC(O)(C(F)(F)F)C(F)(F)F)c(C)c1)c1ccc(-c2cccc(C)c2)c(C)c1. The summed E-state index contributed by atoms with van der Waals surface area (Å²) in [6.45, 7) is 9.84. The standard InChI is InChI=1S/C31H32F6O/c1-6-28(7-2,26-13-14-27(22(5)19-26)24-10-8-9-20(3)17-24)25-12-11-23(21(4)18-25)15-16-29(38,30(32,33)34)31(35,36)37/h8-19,38H,6-7H2,1-5H3. The van der Waals surface area contributed by atoms with Gasteiger partial charge in [0, 0.05) is 5.41 Å². The fourth-order valence-electron chi connectivity index (χ4n) is 5.05. The lowest BCUT2D eigenvalue weighted by Gasteiger charge is -2.34. The van der Waals surface area contributed by atoms with Gasteiger partial charge in [0.2, 0.25) is 0 Å². The van der Waals surface area contributed by atoms with Crippen molar-refractivity contribution in [2.45, 2.75) is 70.8 Å². The van der Waals surface area contributed by atoms with Crippen LogP contribution < -0.4 is 0 Å². The van der Waals surface area contributed by atoms with Crippen molar-refractivity contribution in [2.24, 2.45) is 0 Å². The number of hydrogen-bond acceptors (Lipinski definition) is 1. The lowest BCUT2D eigenvalue weighted by atomic mass is 9.69. The third-order valence-electron chi connectivity index (χ3n) is 7.51. The van der Waals surface area contributed by atoms with Crippen LogP contribution in [0, 0.1) is 20.8 Å². The summed E-state index contributed by atoms with van der Waals surface area (Å²) in [6.07, 6.45) is -9.88. The molecule has 0 atom stereocenters. The maximum atomic E-state index is 13.1. The van der Waals surface area contributed by atoms with Crippen molar-refractivity contribution >= 4 is 6.08 Å². The zero-order chi connectivity index (χ0) is 28.5. The first-order valence-corrected chi connectivity index (χ1v) is 12.4. The van der Waals surface area contributed by atoms with Crippen molar-refractivity contribution in [1.82, 2.24) is 0 Å². The summed E-state index contributed by atoms with van der Waals surface area (Å²) in [5.41, 5.74) is 1.85. The van der Waals surface area contributed by atoms with Crippen molar-refractivity contribution in [2.75, 3.05) is 0 Å². The molecule has 1 nitrogen and oxygen atoms in total. The topological polar surface area (TPSA) is 20.2 Å². The maximum Gasteiger partial charge on any atom is 0.430 e. The van der Waals surface area contributed by atoms with Gasteiger partial charge in [0.25, 0.3) is 5.60 Å². The number of hydrogen-bond donors (Lipinski definition) is 1. The van der Waals surface area contributed by atoms with Gasteiger partial charge in [-0.05, 0) is 78.6 Å². The number of aryl methyl sites for hydroxylation is 3. The molecule has 0 saturated carbocycles. The Hall–Kier alpha value is -3.06. The van der Waals surface area contributed by atoms with Crippen LogP contribution in [-0.2, 0) is 5.41 Å². The summed E-state index contributed by atoms with van der Waals surface area (Å²) in [5, 5.41) is 9.45. The Balaban J connectivity index is 2.04. The highest BCUT2D eigenvalue weighted by atomic mass is 19.4. The summed E-state index contributed by atoms with van der Waals surface area (Å²) in [7, 11) is 0. The molecule has 1 N–H and O–H groups in total. The molecule has 0 spiro atoms. The second kappa shape index (κ2) is 10.6. The van der Waals surface area contributed by atoms with Crippen molar-refractivity contribution in [3.05, 3.63) is 100 Å². The molecule has 0 amide bonds. The molecule has 0 fully saturated rings. The highest BCUT2D eigenvalue weighted by Gasteiger charge is 2.68. The van der Waals surface area contributed by atoms with E-state index in [1.807, 2.05) is 19.1 Å². The minimum Gasteiger partial charge on any atom is -0.370 e.